The van der Waals surface area contributed by atoms with Crippen molar-refractivity contribution in [1.82, 2.24) is 14.2 Å². The molecule has 0 saturated carbocycles. The van der Waals surface area contributed by atoms with Gasteiger partial charge in [0.25, 0.3) is 5.91 Å². The fourth-order valence-corrected chi connectivity index (χ4v) is 6.49. The number of piperidine rings is 1. The Bertz CT molecular complexity index is 1320. The minimum absolute atomic E-state index is 0.137. The summed E-state index contributed by atoms with van der Waals surface area (Å²) in [4.78, 5) is 21.9. The molecule has 2 fully saturated rings. The van der Waals surface area contributed by atoms with Gasteiger partial charge in [0.1, 0.15) is 0 Å². The Hall–Kier alpha value is -2.68. The van der Waals surface area contributed by atoms with Crippen LogP contribution in [0.5, 0.6) is 0 Å². The molecule has 9 heteroatoms. The minimum Gasteiger partial charge on any atom is -0.367 e. The maximum atomic E-state index is 13.2. The molecule has 2 saturated heterocycles. The number of hydrogen-bond acceptors (Lipinski definition) is 5. The van der Waals surface area contributed by atoms with Gasteiger partial charge in [-0.2, -0.15) is 4.31 Å². The fraction of sp³-hybridized carbons (Fsp3) is 0.360. The summed E-state index contributed by atoms with van der Waals surface area (Å²) in [6.45, 7) is 3.55. The second kappa shape index (κ2) is 9.52. The molecule has 0 spiro atoms. The van der Waals surface area contributed by atoms with Gasteiger partial charge >= 0.3 is 0 Å². The number of benzene rings is 2. The van der Waals surface area contributed by atoms with Crippen LogP contribution in [0.1, 0.15) is 29.6 Å². The van der Waals surface area contributed by atoms with Gasteiger partial charge < -0.3 is 9.80 Å². The third kappa shape index (κ3) is 4.50. The Morgan fingerprint density at radius 2 is 1.65 bits per heavy atom. The molecule has 0 atom stereocenters. The molecule has 3 heterocycles. The van der Waals surface area contributed by atoms with E-state index in [4.69, 9.17) is 11.6 Å². The number of carbonyl (C=O) groups is 1. The van der Waals surface area contributed by atoms with Crippen molar-refractivity contribution in [3.63, 3.8) is 0 Å². The summed E-state index contributed by atoms with van der Waals surface area (Å²) in [5.41, 5.74) is 2.33. The van der Waals surface area contributed by atoms with Gasteiger partial charge in [0.2, 0.25) is 10.0 Å². The molecule has 0 unspecified atom stereocenters. The molecule has 2 aliphatic heterocycles. The molecule has 0 bridgehead atoms. The van der Waals surface area contributed by atoms with Crippen LogP contribution in [0.3, 0.4) is 0 Å². The largest absolute Gasteiger partial charge is 0.367 e. The maximum Gasteiger partial charge on any atom is 0.254 e. The molecule has 3 aromatic rings. The third-order valence-corrected chi connectivity index (χ3v) is 8.75. The van der Waals surface area contributed by atoms with Crippen LogP contribution in [0.15, 0.2) is 59.6 Å². The van der Waals surface area contributed by atoms with E-state index in [1.54, 1.807) is 29.3 Å². The molecule has 0 N–H and O–H groups in total. The Kier molecular flexibility index (Phi) is 6.46. The number of nitrogens with zero attached hydrogens (tertiary/aromatic N) is 4. The summed E-state index contributed by atoms with van der Waals surface area (Å²) in [6, 6.07) is 14.1. The summed E-state index contributed by atoms with van der Waals surface area (Å²) < 4.78 is 27.6. The quantitative estimate of drug-likeness (QED) is 0.543. The molecule has 0 radical (unpaired) electrons. The summed E-state index contributed by atoms with van der Waals surface area (Å²) in [7, 11) is -3.58. The van der Waals surface area contributed by atoms with Crippen molar-refractivity contribution >= 4 is 44.1 Å². The van der Waals surface area contributed by atoms with Crippen LogP contribution in [0.4, 0.5) is 5.69 Å². The minimum atomic E-state index is -3.58. The van der Waals surface area contributed by atoms with E-state index < -0.39 is 10.0 Å². The van der Waals surface area contributed by atoms with Gasteiger partial charge in [-0.05, 0) is 55.3 Å². The monoisotopic (exact) mass is 498 g/mol. The van der Waals surface area contributed by atoms with E-state index in [9.17, 15) is 13.2 Å². The van der Waals surface area contributed by atoms with Crippen LogP contribution in [-0.2, 0) is 10.0 Å². The number of amides is 1. The fourth-order valence-electron chi connectivity index (χ4n) is 4.76. The first-order valence-electron chi connectivity index (χ1n) is 11.6. The van der Waals surface area contributed by atoms with Crippen LogP contribution in [0, 0.1) is 0 Å². The van der Waals surface area contributed by atoms with E-state index >= 15 is 0 Å². The zero-order valence-electron chi connectivity index (χ0n) is 18.9. The van der Waals surface area contributed by atoms with Crippen LogP contribution in [-0.4, -0.2) is 67.8 Å². The lowest BCUT2D eigenvalue weighted by Crippen LogP contribution is -2.48. The van der Waals surface area contributed by atoms with E-state index in [-0.39, 0.29) is 10.8 Å². The van der Waals surface area contributed by atoms with Crippen molar-refractivity contribution < 1.29 is 13.2 Å². The highest BCUT2D eigenvalue weighted by Crippen LogP contribution is 2.28. The predicted octanol–water partition coefficient (Wildman–Crippen LogP) is 4.03. The van der Waals surface area contributed by atoms with E-state index in [2.05, 4.69) is 9.88 Å². The molecule has 2 aliphatic rings. The highest BCUT2D eigenvalue weighted by molar-refractivity contribution is 7.89. The van der Waals surface area contributed by atoms with Gasteiger partial charge in [0.15, 0.2) is 0 Å². The number of pyridine rings is 1. The normalized spacial score (nSPS) is 17.8. The van der Waals surface area contributed by atoms with Crippen molar-refractivity contribution in [2.24, 2.45) is 0 Å². The number of piperazine rings is 1. The van der Waals surface area contributed by atoms with Crippen molar-refractivity contribution in [2.75, 3.05) is 44.2 Å². The summed E-state index contributed by atoms with van der Waals surface area (Å²) in [5.74, 6) is -0.137. The van der Waals surface area contributed by atoms with Crippen molar-refractivity contribution in [1.29, 1.82) is 0 Å². The van der Waals surface area contributed by atoms with E-state index in [1.165, 1.54) is 10.4 Å². The number of fused-ring (bicyclic) bond motifs is 1. The number of halogens is 1. The summed E-state index contributed by atoms with van der Waals surface area (Å²) in [5, 5.41) is 1.68. The zero-order chi connectivity index (χ0) is 23.7. The molecule has 1 aromatic heterocycles. The number of carbonyl (C=O) groups excluding carboxylic acids is 1. The van der Waals surface area contributed by atoms with Gasteiger partial charge in [-0.1, -0.05) is 24.1 Å². The Labute approximate surface area is 205 Å². The molecule has 2 aromatic carbocycles. The van der Waals surface area contributed by atoms with Crippen LogP contribution >= 0.6 is 11.6 Å². The van der Waals surface area contributed by atoms with E-state index in [0.29, 0.717) is 49.9 Å². The molecule has 34 heavy (non-hydrogen) atoms. The van der Waals surface area contributed by atoms with Gasteiger partial charge in [-0.15, -0.1) is 0 Å². The second-order valence-corrected chi connectivity index (χ2v) is 11.1. The molecule has 7 nitrogen and oxygen atoms in total. The standard InChI is InChI=1S/C25H27ClN4O3S/c26-20-7-8-22-23(18-20)27-10-9-24(22)28-13-15-29(16-14-28)25(31)19-5-4-6-21(17-19)34(32,33)30-11-2-1-3-12-30/h4-10,17-18H,1-3,11-16H2. The number of sulfonamides is 1. The Morgan fingerprint density at radius 1 is 0.882 bits per heavy atom. The molecule has 1 amide bonds. The summed E-state index contributed by atoms with van der Waals surface area (Å²) >= 11 is 6.11. The SMILES string of the molecule is O=C(c1cccc(S(=O)(=O)N2CCCCC2)c1)N1CCN(c2ccnc3cc(Cl)ccc23)CC1. The Morgan fingerprint density at radius 3 is 2.41 bits per heavy atom. The average molecular weight is 499 g/mol. The number of aromatic nitrogens is 1. The van der Waals surface area contributed by atoms with Gasteiger partial charge in [-0.25, -0.2) is 8.42 Å². The zero-order valence-corrected chi connectivity index (χ0v) is 20.4. The predicted molar refractivity (Wildman–Crippen MR) is 134 cm³/mol. The van der Waals surface area contributed by atoms with Crippen molar-refractivity contribution in [2.45, 2.75) is 24.2 Å². The van der Waals surface area contributed by atoms with Crippen molar-refractivity contribution in [3.05, 3.63) is 65.3 Å². The molecular formula is C25H27ClN4O3S. The topological polar surface area (TPSA) is 73.8 Å². The van der Waals surface area contributed by atoms with E-state index in [0.717, 1.165) is 35.9 Å². The van der Waals surface area contributed by atoms with Crippen molar-refractivity contribution in [3.8, 4) is 0 Å². The smallest absolute Gasteiger partial charge is 0.254 e. The second-order valence-electron chi connectivity index (χ2n) is 8.76. The first-order chi connectivity index (χ1) is 16.4. The molecule has 178 valence electrons. The van der Waals surface area contributed by atoms with E-state index in [1.807, 2.05) is 24.3 Å². The number of hydrogen-bond donors (Lipinski definition) is 0. The maximum absolute atomic E-state index is 13.2. The summed E-state index contributed by atoms with van der Waals surface area (Å²) in [6.07, 6.45) is 4.59. The first-order valence-corrected chi connectivity index (χ1v) is 13.4. The third-order valence-electron chi connectivity index (χ3n) is 6.62. The van der Waals surface area contributed by atoms with Crippen LogP contribution < -0.4 is 4.90 Å². The molecule has 5 rings (SSSR count). The highest BCUT2D eigenvalue weighted by Gasteiger charge is 2.28. The Balaban J connectivity index is 1.30. The lowest BCUT2D eigenvalue weighted by molar-refractivity contribution is 0.0746. The first kappa shape index (κ1) is 23.1. The number of anilines is 1. The van der Waals surface area contributed by atoms with Gasteiger partial charge in [0.05, 0.1) is 10.4 Å². The van der Waals surface area contributed by atoms with Gasteiger partial charge in [0, 0.05) is 67.1 Å². The highest BCUT2D eigenvalue weighted by atomic mass is 35.5. The molecule has 0 aliphatic carbocycles. The van der Waals surface area contributed by atoms with Crippen LogP contribution in [0.2, 0.25) is 5.02 Å². The van der Waals surface area contributed by atoms with Gasteiger partial charge in [-0.3, -0.25) is 9.78 Å². The van der Waals surface area contributed by atoms with Crippen LogP contribution in [0.25, 0.3) is 10.9 Å². The average Bonchev–Trinajstić information content (AvgIpc) is 2.88. The molecular weight excluding hydrogens is 472 g/mol. The number of rotatable bonds is 4. The lowest BCUT2D eigenvalue weighted by Gasteiger charge is -2.36. The lowest BCUT2D eigenvalue weighted by atomic mass is 10.1.